The van der Waals surface area contributed by atoms with E-state index < -0.39 is 5.82 Å². The minimum absolute atomic E-state index is 0.251. The average molecular weight is 319 g/mol. The van der Waals surface area contributed by atoms with Crippen molar-refractivity contribution in [2.24, 2.45) is 0 Å². The van der Waals surface area contributed by atoms with E-state index in [0.717, 1.165) is 0 Å². The topological polar surface area (TPSA) is 48.0 Å². The van der Waals surface area contributed by atoms with Gasteiger partial charge >= 0.3 is 0 Å². The normalized spacial score (nSPS) is 10.1. The molecule has 0 saturated carbocycles. The van der Waals surface area contributed by atoms with Gasteiger partial charge in [-0.05, 0) is 18.2 Å². The summed E-state index contributed by atoms with van der Waals surface area (Å²) in [6.07, 6.45) is 0. The molecule has 0 aliphatic heterocycles. The molecule has 0 aromatic heterocycles. The molecular weight excluding hydrogens is 301 g/mol. The van der Waals surface area contributed by atoms with Gasteiger partial charge in [0.05, 0.1) is 27.0 Å². The number of anilines is 1. The Hall–Kier alpha value is -2.76. The van der Waals surface area contributed by atoms with Crippen LogP contribution in [0.25, 0.3) is 0 Å². The van der Waals surface area contributed by atoms with Gasteiger partial charge in [0, 0.05) is 24.7 Å². The third kappa shape index (κ3) is 3.36. The van der Waals surface area contributed by atoms with Crippen LogP contribution in [0.3, 0.4) is 0 Å². The fourth-order valence-electron chi connectivity index (χ4n) is 2.19. The predicted octanol–water partition coefficient (Wildman–Crippen LogP) is 3.13. The van der Waals surface area contributed by atoms with Crippen molar-refractivity contribution in [1.29, 1.82) is 0 Å². The summed E-state index contributed by atoms with van der Waals surface area (Å²) in [7, 11) is 6.08. The maximum absolute atomic E-state index is 13.3. The monoisotopic (exact) mass is 319 g/mol. The standard InChI is InChI=1S/C17H18FNO4/c1-19(17(20)11-6-5-7-12(18)8-11)13-9-14(21-2)16(23-4)15(10-13)22-3/h5-10H,1-4H3. The number of halogens is 1. The number of carbonyl (C=O) groups excluding carboxylic acids is 1. The number of carbonyl (C=O) groups is 1. The molecule has 0 heterocycles. The van der Waals surface area contributed by atoms with Gasteiger partial charge in [0.25, 0.3) is 5.91 Å². The minimum atomic E-state index is -0.464. The third-order valence-electron chi connectivity index (χ3n) is 3.41. The van der Waals surface area contributed by atoms with Crippen LogP contribution in [0.5, 0.6) is 17.2 Å². The Morgan fingerprint density at radius 1 is 1.00 bits per heavy atom. The molecule has 0 unspecified atom stereocenters. The summed E-state index contributed by atoms with van der Waals surface area (Å²) >= 11 is 0. The molecule has 5 nitrogen and oxygen atoms in total. The zero-order valence-corrected chi connectivity index (χ0v) is 13.4. The summed E-state index contributed by atoms with van der Waals surface area (Å²) in [5.74, 6) is 0.486. The highest BCUT2D eigenvalue weighted by atomic mass is 19.1. The number of hydrogen-bond donors (Lipinski definition) is 0. The van der Waals surface area contributed by atoms with Gasteiger partial charge in [-0.15, -0.1) is 0 Å². The van der Waals surface area contributed by atoms with Crippen molar-refractivity contribution in [2.45, 2.75) is 0 Å². The molecule has 6 heteroatoms. The number of nitrogens with zero attached hydrogens (tertiary/aromatic N) is 1. The molecule has 0 N–H and O–H groups in total. The molecule has 0 aliphatic carbocycles. The quantitative estimate of drug-likeness (QED) is 0.849. The molecule has 0 bridgehead atoms. The van der Waals surface area contributed by atoms with E-state index in [-0.39, 0.29) is 11.5 Å². The molecule has 2 aromatic rings. The molecule has 2 aromatic carbocycles. The summed E-state index contributed by atoms with van der Waals surface area (Å²) < 4.78 is 29.1. The van der Waals surface area contributed by atoms with Gasteiger partial charge < -0.3 is 19.1 Å². The lowest BCUT2D eigenvalue weighted by Crippen LogP contribution is -2.26. The third-order valence-corrected chi connectivity index (χ3v) is 3.41. The minimum Gasteiger partial charge on any atom is -0.493 e. The second kappa shape index (κ2) is 7.00. The Morgan fingerprint density at radius 2 is 1.61 bits per heavy atom. The maximum Gasteiger partial charge on any atom is 0.258 e. The first-order valence-electron chi connectivity index (χ1n) is 6.85. The second-order valence-corrected chi connectivity index (χ2v) is 4.76. The van der Waals surface area contributed by atoms with Crippen molar-refractivity contribution < 1.29 is 23.4 Å². The van der Waals surface area contributed by atoms with Crippen LogP contribution >= 0.6 is 0 Å². The van der Waals surface area contributed by atoms with Crippen molar-refractivity contribution >= 4 is 11.6 Å². The Balaban J connectivity index is 2.42. The summed E-state index contributed by atoms with van der Waals surface area (Å²) in [4.78, 5) is 13.9. The summed E-state index contributed by atoms with van der Waals surface area (Å²) in [5, 5.41) is 0. The summed E-state index contributed by atoms with van der Waals surface area (Å²) in [6.45, 7) is 0. The van der Waals surface area contributed by atoms with E-state index in [0.29, 0.717) is 22.9 Å². The average Bonchev–Trinajstić information content (AvgIpc) is 2.58. The lowest BCUT2D eigenvalue weighted by atomic mass is 10.1. The maximum atomic E-state index is 13.3. The molecule has 122 valence electrons. The smallest absolute Gasteiger partial charge is 0.258 e. The first-order chi connectivity index (χ1) is 11.0. The molecule has 1 amide bonds. The van der Waals surface area contributed by atoms with Crippen molar-refractivity contribution in [3.8, 4) is 17.2 Å². The zero-order chi connectivity index (χ0) is 17.0. The van der Waals surface area contributed by atoms with Gasteiger partial charge in [0.2, 0.25) is 5.75 Å². The summed E-state index contributed by atoms with van der Waals surface area (Å²) in [5.41, 5.74) is 0.787. The zero-order valence-electron chi connectivity index (χ0n) is 13.4. The van der Waals surface area contributed by atoms with Gasteiger partial charge in [-0.25, -0.2) is 4.39 Å². The van der Waals surface area contributed by atoms with Crippen LogP contribution in [-0.2, 0) is 0 Å². The van der Waals surface area contributed by atoms with Crippen LogP contribution in [0.2, 0.25) is 0 Å². The van der Waals surface area contributed by atoms with Crippen LogP contribution in [0.1, 0.15) is 10.4 Å². The van der Waals surface area contributed by atoms with Crippen LogP contribution in [0.4, 0.5) is 10.1 Å². The van der Waals surface area contributed by atoms with E-state index in [1.165, 1.54) is 44.4 Å². The Morgan fingerprint density at radius 3 is 2.09 bits per heavy atom. The number of rotatable bonds is 5. The first kappa shape index (κ1) is 16.6. The number of amides is 1. The van der Waals surface area contributed by atoms with E-state index in [2.05, 4.69) is 0 Å². The van der Waals surface area contributed by atoms with Gasteiger partial charge in [-0.1, -0.05) is 6.07 Å². The fraction of sp³-hybridized carbons (Fsp3) is 0.235. The molecule has 0 spiro atoms. The largest absolute Gasteiger partial charge is 0.493 e. The molecule has 23 heavy (non-hydrogen) atoms. The highest BCUT2D eigenvalue weighted by Gasteiger charge is 2.19. The van der Waals surface area contributed by atoms with Crippen molar-refractivity contribution in [1.82, 2.24) is 0 Å². The molecular formula is C17H18FNO4. The number of ether oxygens (including phenoxy) is 3. The second-order valence-electron chi connectivity index (χ2n) is 4.76. The van der Waals surface area contributed by atoms with Crippen LogP contribution in [0.15, 0.2) is 36.4 Å². The van der Waals surface area contributed by atoms with E-state index in [1.54, 1.807) is 25.2 Å². The van der Waals surface area contributed by atoms with Crippen molar-refractivity contribution in [2.75, 3.05) is 33.3 Å². The van der Waals surface area contributed by atoms with Gasteiger partial charge in [-0.2, -0.15) is 0 Å². The molecule has 0 atom stereocenters. The molecule has 0 aliphatic rings. The number of methoxy groups -OCH3 is 3. The van der Waals surface area contributed by atoms with Crippen LogP contribution in [-0.4, -0.2) is 34.3 Å². The molecule has 2 rings (SSSR count). The summed E-state index contributed by atoms with van der Waals surface area (Å²) in [6, 6.07) is 8.83. The highest BCUT2D eigenvalue weighted by Crippen LogP contribution is 2.41. The Labute approximate surface area is 134 Å². The van der Waals surface area contributed by atoms with E-state index in [4.69, 9.17) is 14.2 Å². The molecule has 0 saturated heterocycles. The van der Waals surface area contributed by atoms with Gasteiger partial charge in [0.15, 0.2) is 11.5 Å². The van der Waals surface area contributed by atoms with Crippen LogP contribution in [0, 0.1) is 5.82 Å². The number of benzene rings is 2. The Bertz CT molecular complexity index is 692. The van der Waals surface area contributed by atoms with E-state index >= 15 is 0 Å². The van der Waals surface area contributed by atoms with Gasteiger partial charge in [0.1, 0.15) is 5.82 Å². The number of hydrogen-bond acceptors (Lipinski definition) is 4. The van der Waals surface area contributed by atoms with E-state index in [1.807, 2.05) is 0 Å². The predicted molar refractivity (Wildman–Crippen MR) is 85.2 cm³/mol. The van der Waals surface area contributed by atoms with Crippen molar-refractivity contribution in [3.63, 3.8) is 0 Å². The van der Waals surface area contributed by atoms with Crippen LogP contribution < -0.4 is 19.1 Å². The molecule has 0 fully saturated rings. The lowest BCUT2D eigenvalue weighted by molar-refractivity contribution is 0.0992. The first-order valence-corrected chi connectivity index (χ1v) is 6.85. The van der Waals surface area contributed by atoms with Crippen molar-refractivity contribution in [3.05, 3.63) is 47.8 Å². The Kier molecular flexibility index (Phi) is 5.05. The lowest BCUT2D eigenvalue weighted by Gasteiger charge is -2.21. The van der Waals surface area contributed by atoms with Gasteiger partial charge in [-0.3, -0.25) is 4.79 Å². The van der Waals surface area contributed by atoms with E-state index in [9.17, 15) is 9.18 Å². The fourth-order valence-corrected chi connectivity index (χ4v) is 2.19. The highest BCUT2D eigenvalue weighted by molar-refractivity contribution is 6.06. The SMILES string of the molecule is COc1cc(N(C)C(=O)c2cccc(F)c2)cc(OC)c1OC. The molecule has 0 radical (unpaired) electrons.